The largest absolute Gasteiger partial charge is 0.413 e. The Balaban J connectivity index is 2.80. The van der Waals surface area contributed by atoms with E-state index in [1.165, 1.54) is 11.8 Å². The van der Waals surface area contributed by atoms with Gasteiger partial charge in [0.2, 0.25) is 5.91 Å². The monoisotopic (exact) mass is 373 g/mol. The van der Waals surface area contributed by atoms with Crippen molar-refractivity contribution in [3.05, 3.63) is 0 Å². The molecule has 1 fully saturated rings. The van der Waals surface area contributed by atoms with Gasteiger partial charge in [0.15, 0.2) is 13.4 Å². The molecule has 1 heterocycles. The van der Waals surface area contributed by atoms with Crippen LogP contribution in [0.15, 0.2) is 0 Å². The topological polar surface area (TPSA) is 55.4 Å². The molecule has 4 atom stereocenters. The van der Waals surface area contributed by atoms with Gasteiger partial charge in [-0.25, -0.2) is 0 Å². The minimum atomic E-state index is -1.94. The molecule has 0 unspecified atom stereocenters. The van der Waals surface area contributed by atoms with Crippen LogP contribution in [-0.2, 0) is 14.0 Å². The third kappa shape index (κ3) is 5.08. The van der Waals surface area contributed by atoms with Gasteiger partial charge in [-0.15, -0.1) is 0 Å². The zero-order valence-corrected chi connectivity index (χ0v) is 18.8. The highest BCUT2D eigenvalue weighted by Crippen LogP contribution is 2.40. The number of amides is 1. The molecule has 4 nitrogen and oxygen atoms in total. The molecule has 6 heteroatoms. The van der Waals surface area contributed by atoms with E-state index in [4.69, 9.17) is 4.43 Å². The predicted molar refractivity (Wildman–Crippen MR) is 105 cm³/mol. The zero-order valence-electron chi connectivity index (χ0n) is 16.9. The van der Waals surface area contributed by atoms with Crippen LogP contribution in [0.5, 0.6) is 0 Å². The minimum absolute atomic E-state index is 0.00613. The fourth-order valence-corrected chi connectivity index (χ4v) is 4.98. The molecule has 1 aliphatic rings. The van der Waals surface area contributed by atoms with Crippen LogP contribution in [0.2, 0.25) is 18.1 Å². The number of β-lactam (4-membered cyclic amide) rings is 1. The van der Waals surface area contributed by atoms with E-state index in [0.717, 1.165) is 0 Å². The number of carbonyl (C=O) groups is 2. The molecule has 0 spiro atoms. The molecule has 1 saturated heterocycles. The number of nitrogens with one attached hydrogen (secondary N) is 1. The molecule has 0 bridgehead atoms. The summed E-state index contributed by atoms with van der Waals surface area (Å²) >= 11 is 1.35. The average Bonchev–Trinajstić information content (AvgIpc) is 2.30. The van der Waals surface area contributed by atoms with E-state index in [1.807, 2.05) is 34.6 Å². The summed E-state index contributed by atoms with van der Waals surface area (Å²) in [4.78, 5) is 24.6. The summed E-state index contributed by atoms with van der Waals surface area (Å²) in [6.45, 7) is 20.9. The molecule has 0 saturated carbocycles. The third-order valence-electron chi connectivity index (χ3n) is 5.11. The highest BCUT2D eigenvalue weighted by molar-refractivity contribution is 8.14. The highest BCUT2D eigenvalue weighted by atomic mass is 32.2. The summed E-state index contributed by atoms with van der Waals surface area (Å²) in [5, 5.41) is 3.16. The van der Waals surface area contributed by atoms with Crippen LogP contribution < -0.4 is 5.32 Å². The zero-order chi connectivity index (χ0) is 19.1. The van der Waals surface area contributed by atoms with E-state index in [1.54, 1.807) is 0 Å². The molecule has 1 rings (SSSR count). The van der Waals surface area contributed by atoms with E-state index >= 15 is 0 Å². The maximum Gasteiger partial charge on any atom is 0.228 e. The van der Waals surface area contributed by atoms with E-state index in [0.29, 0.717) is 0 Å². The van der Waals surface area contributed by atoms with Gasteiger partial charge < -0.3 is 9.74 Å². The minimum Gasteiger partial charge on any atom is -0.413 e. The van der Waals surface area contributed by atoms with Gasteiger partial charge in [0.1, 0.15) is 0 Å². The van der Waals surface area contributed by atoms with Gasteiger partial charge in [-0.05, 0) is 25.1 Å². The van der Waals surface area contributed by atoms with Gasteiger partial charge in [0.25, 0.3) is 0 Å². The molecule has 0 aromatic heterocycles. The normalized spacial score (nSPS) is 24.8. The standard InChI is InChI=1S/C18H35NO3SSi/c1-11(16(21)23-17(3,4)5)14-13(15(20)19-14)12(2)22-24(9,10)18(6,7)8/h11-14H,1-10H3,(H,19,20)/t11-,12-,13-,14-/m1/s1. The van der Waals surface area contributed by atoms with Gasteiger partial charge in [0, 0.05) is 10.7 Å². The molecule has 1 N–H and O–H groups in total. The van der Waals surface area contributed by atoms with Gasteiger partial charge in [-0.3, -0.25) is 9.59 Å². The molecule has 0 aromatic carbocycles. The van der Waals surface area contributed by atoms with Gasteiger partial charge in [0.05, 0.1) is 18.1 Å². The quantitative estimate of drug-likeness (QED) is 0.579. The second kappa shape index (κ2) is 7.12. The Bertz CT molecular complexity index is 493. The van der Waals surface area contributed by atoms with Crippen molar-refractivity contribution in [1.82, 2.24) is 5.32 Å². The average molecular weight is 374 g/mol. The molecule has 1 aliphatic heterocycles. The second-order valence-corrected chi connectivity index (χ2v) is 16.1. The van der Waals surface area contributed by atoms with Crippen molar-refractivity contribution in [2.24, 2.45) is 11.8 Å². The Hall–Kier alpha value is -0.333. The Morgan fingerprint density at radius 1 is 1.17 bits per heavy atom. The molecule has 0 aliphatic carbocycles. The van der Waals surface area contributed by atoms with Crippen molar-refractivity contribution in [3.63, 3.8) is 0 Å². The number of carbonyl (C=O) groups excluding carboxylic acids is 2. The lowest BCUT2D eigenvalue weighted by Gasteiger charge is -2.47. The molecule has 24 heavy (non-hydrogen) atoms. The summed E-state index contributed by atoms with van der Waals surface area (Å²) in [5.41, 5.74) is 0. The van der Waals surface area contributed by atoms with E-state index in [9.17, 15) is 9.59 Å². The first-order valence-corrected chi connectivity index (χ1v) is 12.5. The maximum absolute atomic E-state index is 12.5. The van der Waals surface area contributed by atoms with Crippen LogP contribution in [0.25, 0.3) is 0 Å². The summed E-state index contributed by atoms with van der Waals surface area (Å²) in [6.07, 6.45) is -0.167. The third-order valence-corrected chi connectivity index (χ3v) is 10.9. The smallest absolute Gasteiger partial charge is 0.228 e. The van der Waals surface area contributed by atoms with Crippen LogP contribution >= 0.6 is 11.8 Å². The Kier molecular flexibility index (Phi) is 6.44. The van der Waals surface area contributed by atoms with E-state index < -0.39 is 8.32 Å². The first-order valence-electron chi connectivity index (χ1n) is 8.78. The van der Waals surface area contributed by atoms with Crippen molar-refractivity contribution in [1.29, 1.82) is 0 Å². The van der Waals surface area contributed by atoms with E-state index in [2.05, 4.69) is 39.2 Å². The fourth-order valence-electron chi connectivity index (χ4n) is 2.61. The lowest BCUT2D eigenvalue weighted by Crippen LogP contribution is -2.66. The lowest BCUT2D eigenvalue weighted by molar-refractivity contribution is -0.143. The summed E-state index contributed by atoms with van der Waals surface area (Å²) in [7, 11) is -1.94. The fraction of sp³-hybridized carbons (Fsp3) is 0.889. The van der Waals surface area contributed by atoms with Gasteiger partial charge in [-0.1, -0.05) is 60.2 Å². The Morgan fingerprint density at radius 3 is 2.04 bits per heavy atom. The summed E-state index contributed by atoms with van der Waals surface area (Å²) in [5.74, 6) is -0.437. The highest BCUT2D eigenvalue weighted by Gasteiger charge is 2.50. The molecular formula is C18H35NO3SSi. The molecule has 0 aromatic rings. The molecular weight excluding hydrogens is 338 g/mol. The number of hydrogen-bond acceptors (Lipinski definition) is 4. The number of rotatable bonds is 5. The summed E-state index contributed by atoms with van der Waals surface area (Å²) < 4.78 is 6.28. The van der Waals surface area contributed by atoms with Crippen LogP contribution in [0.1, 0.15) is 55.4 Å². The first-order chi connectivity index (χ1) is 10.6. The van der Waals surface area contributed by atoms with Crippen LogP contribution in [-0.4, -0.2) is 36.2 Å². The van der Waals surface area contributed by atoms with Crippen molar-refractivity contribution in [2.45, 2.75) is 90.4 Å². The van der Waals surface area contributed by atoms with Crippen molar-refractivity contribution in [2.75, 3.05) is 0 Å². The summed E-state index contributed by atoms with van der Waals surface area (Å²) in [6, 6.07) is -0.125. The van der Waals surface area contributed by atoms with Gasteiger partial charge in [-0.2, -0.15) is 0 Å². The van der Waals surface area contributed by atoms with Crippen molar-refractivity contribution < 1.29 is 14.0 Å². The Morgan fingerprint density at radius 2 is 1.67 bits per heavy atom. The number of hydrogen-bond donors (Lipinski definition) is 1. The molecule has 0 radical (unpaired) electrons. The first kappa shape index (κ1) is 21.7. The van der Waals surface area contributed by atoms with Crippen LogP contribution in [0.3, 0.4) is 0 Å². The van der Waals surface area contributed by atoms with Gasteiger partial charge >= 0.3 is 0 Å². The molecule has 1 amide bonds. The van der Waals surface area contributed by atoms with Crippen LogP contribution in [0.4, 0.5) is 0 Å². The van der Waals surface area contributed by atoms with E-state index in [-0.39, 0.29) is 44.8 Å². The maximum atomic E-state index is 12.5. The SMILES string of the molecule is C[C@@H](O[Si](C)(C)C(C)(C)C)[C@H]1C(=O)N[C@@H]1[C@@H](C)C(=O)SC(C)(C)C. The Labute approximate surface area is 153 Å². The van der Waals surface area contributed by atoms with Crippen molar-refractivity contribution in [3.8, 4) is 0 Å². The van der Waals surface area contributed by atoms with Crippen LogP contribution in [0, 0.1) is 11.8 Å². The van der Waals surface area contributed by atoms with Crippen molar-refractivity contribution >= 4 is 31.1 Å². The number of thioether (sulfide) groups is 1. The second-order valence-electron chi connectivity index (χ2n) is 9.47. The lowest BCUT2D eigenvalue weighted by atomic mass is 9.79. The predicted octanol–water partition coefficient (Wildman–Crippen LogP) is 4.21. The molecule has 140 valence electrons.